The summed E-state index contributed by atoms with van der Waals surface area (Å²) in [6.07, 6.45) is 10.6. The van der Waals surface area contributed by atoms with Crippen LogP contribution in [0.3, 0.4) is 0 Å². The maximum absolute atomic E-state index is 3.81. The van der Waals surface area contributed by atoms with Crippen molar-refractivity contribution < 1.29 is 0 Å². The molecule has 0 radical (unpaired) electrons. The molecule has 18 heavy (non-hydrogen) atoms. The van der Waals surface area contributed by atoms with Crippen molar-refractivity contribution in [2.45, 2.75) is 58.0 Å². The van der Waals surface area contributed by atoms with Crippen LogP contribution in [0.25, 0.3) is 0 Å². The Hall–Kier alpha value is -1.08. The second kappa shape index (κ2) is 6.75. The fourth-order valence-electron chi connectivity index (χ4n) is 2.66. The maximum atomic E-state index is 3.81. The van der Waals surface area contributed by atoms with Crippen molar-refractivity contribution in [2.24, 2.45) is 0 Å². The summed E-state index contributed by atoms with van der Waals surface area (Å²) in [5.41, 5.74) is 2.86. The molecule has 1 aliphatic carbocycles. The zero-order valence-corrected chi connectivity index (χ0v) is 11.7. The van der Waals surface area contributed by atoms with Crippen molar-refractivity contribution in [3.05, 3.63) is 47.5 Å². The Labute approximate surface area is 111 Å². The number of hydrogen-bond donors (Lipinski definition) is 1. The van der Waals surface area contributed by atoms with Crippen molar-refractivity contribution in [2.75, 3.05) is 0 Å². The normalized spacial score (nSPS) is 20.9. The predicted molar refractivity (Wildman–Crippen MR) is 78.8 cm³/mol. The lowest BCUT2D eigenvalue weighted by Gasteiger charge is -2.26. The highest BCUT2D eigenvalue weighted by atomic mass is 14.9. The Balaban J connectivity index is 2.00. The van der Waals surface area contributed by atoms with Gasteiger partial charge in [0.2, 0.25) is 0 Å². The van der Waals surface area contributed by atoms with Crippen LogP contribution in [-0.4, -0.2) is 6.04 Å². The molecule has 0 bridgehead atoms. The molecular formula is C17H25N. The Morgan fingerprint density at radius 1 is 1.17 bits per heavy atom. The first-order valence-corrected chi connectivity index (χ1v) is 7.33. The van der Waals surface area contributed by atoms with E-state index in [1.54, 1.807) is 0 Å². The van der Waals surface area contributed by atoms with E-state index in [-0.39, 0.29) is 0 Å². The van der Waals surface area contributed by atoms with Crippen LogP contribution < -0.4 is 5.32 Å². The lowest BCUT2D eigenvalue weighted by Crippen LogP contribution is -2.33. The molecule has 0 heterocycles. The minimum absolute atomic E-state index is 0.507. The zero-order valence-electron chi connectivity index (χ0n) is 11.7. The summed E-state index contributed by atoms with van der Waals surface area (Å²) in [4.78, 5) is 0. The molecular weight excluding hydrogens is 218 g/mol. The Morgan fingerprint density at radius 3 is 2.50 bits per heavy atom. The van der Waals surface area contributed by atoms with Gasteiger partial charge in [0.05, 0.1) is 0 Å². The molecule has 2 unspecified atom stereocenters. The number of rotatable bonds is 5. The summed E-state index contributed by atoms with van der Waals surface area (Å²) in [5.74, 6) is 0. The topological polar surface area (TPSA) is 12.0 Å². The summed E-state index contributed by atoms with van der Waals surface area (Å²) >= 11 is 0. The summed E-state index contributed by atoms with van der Waals surface area (Å²) < 4.78 is 0. The highest BCUT2D eigenvalue weighted by molar-refractivity contribution is 5.25. The minimum Gasteiger partial charge on any atom is -0.307 e. The van der Waals surface area contributed by atoms with Crippen LogP contribution >= 0.6 is 0 Å². The molecule has 1 aromatic rings. The first-order valence-electron chi connectivity index (χ1n) is 7.33. The van der Waals surface area contributed by atoms with E-state index < -0.39 is 0 Å². The van der Waals surface area contributed by atoms with Crippen molar-refractivity contribution in [1.29, 1.82) is 0 Å². The Bertz CT molecular complexity index is 377. The van der Waals surface area contributed by atoms with E-state index in [1.807, 2.05) is 0 Å². The van der Waals surface area contributed by atoms with Gasteiger partial charge in [0.1, 0.15) is 0 Å². The molecule has 1 aliphatic rings. The van der Waals surface area contributed by atoms with E-state index in [1.165, 1.54) is 30.4 Å². The van der Waals surface area contributed by atoms with E-state index in [2.05, 4.69) is 55.6 Å². The van der Waals surface area contributed by atoms with Gasteiger partial charge >= 0.3 is 0 Å². The van der Waals surface area contributed by atoms with Gasteiger partial charge in [0.25, 0.3) is 0 Å². The lowest BCUT2D eigenvalue weighted by atomic mass is 9.97. The Kier molecular flexibility index (Phi) is 5.00. The summed E-state index contributed by atoms with van der Waals surface area (Å²) in [6.45, 7) is 4.48. The molecule has 2 atom stereocenters. The van der Waals surface area contributed by atoms with Crippen LogP contribution in [-0.2, 0) is 6.42 Å². The number of aryl methyl sites for hydroxylation is 1. The van der Waals surface area contributed by atoms with Crippen LogP contribution in [0.5, 0.6) is 0 Å². The third-order valence-electron chi connectivity index (χ3n) is 3.90. The molecule has 2 rings (SSSR count). The fourth-order valence-corrected chi connectivity index (χ4v) is 2.66. The highest BCUT2D eigenvalue weighted by Crippen LogP contribution is 2.21. The number of hydrogen-bond acceptors (Lipinski definition) is 1. The highest BCUT2D eigenvalue weighted by Gasteiger charge is 2.15. The molecule has 0 amide bonds. The number of allylic oxidation sites excluding steroid dienone is 1. The predicted octanol–water partition coefficient (Wildman–Crippen LogP) is 4.40. The number of nitrogens with one attached hydrogen (secondary N) is 1. The van der Waals surface area contributed by atoms with Crippen molar-refractivity contribution in [1.82, 2.24) is 5.32 Å². The molecule has 1 N–H and O–H groups in total. The fraction of sp³-hybridized carbons (Fsp3) is 0.529. The molecule has 0 saturated heterocycles. The summed E-state index contributed by atoms with van der Waals surface area (Å²) in [7, 11) is 0. The second-order valence-electron chi connectivity index (χ2n) is 5.20. The molecule has 0 spiro atoms. The first-order chi connectivity index (χ1) is 8.83. The quantitative estimate of drug-likeness (QED) is 0.756. The van der Waals surface area contributed by atoms with Gasteiger partial charge in [-0.15, -0.1) is 0 Å². The largest absolute Gasteiger partial charge is 0.307 e. The molecule has 0 fully saturated rings. The molecule has 1 heteroatoms. The zero-order chi connectivity index (χ0) is 12.8. The lowest BCUT2D eigenvalue weighted by molar-refractivity contribution is 0.402. The number of benzene rings is 1. The van der Waals surface area contributed by atoms with Crippen LogP contribution in [0.2, 0.25) is 0 Å². The molecule has 1 nitrogen and oxygen atoms in total. The van der Waals surface area contributed by atoms with Gasteiger partial charge in [-0.3, -0.25) is 0 Å². The SMILES string of the molecule is CCc1ccc(C(CC)NC2CC=CCC2)cc1. The third kappa shape index (κ3) is 3.46. The van der Waals surface area contributed by atoms with Crippen molar-refractivity contribution in [3.8, 4) is 0 Å². The van der Waals surface area contributed by atoms with Crippen LogP contribution in [0.1, 0.15) is 56.7 Å². The molecule has 1 aromatic carbocycles. The van der Waals surface area contributed by atoms with Gasteiger partial charge in [-0.05, 0) is 43.2 Å². The monoisotopic (exact) mass is 243 g/mol. The molecule has 0 aromatic heterocycles. The van der Waals surface area contributed by atoms with Gasteiger partial charge in [0.15, 0.2) is 0 Å². The standard InChI is InChI=1S/C17H25N/c1-3-14-10-12-15(13-11-14)17(4-2)18-16-8-6-5-7-9-16/h5-6,10-13,16-18H,3-4,7-9H2,1-2H3. The van der Waals surface area contributed by atoms with Gasteiger partial charge in [0, 0.05) is 12.1 Å². The van der Waals surface area contributed by atoms with Gasteiger partial charge in [-0.1, -0.05) is 50.3 Å². The molecule has 0 aliphatic heterocycles. The van der Waals surface area contributed by atoms with Crippen LogP contribution in [0.15, 0.2) is 36.4 Å². The third-order valence-corrected chi connectivity index (χ3v) is 3.90. The molecule has 98 valence electrons. The van der Waals surface area contributed by atoms with E-state index in [0.29, 0.717) is 12.1 Å². The van der Waals surface area contributed by atoms with Gasteiger partial charge < -0.3 is 5.32 Å². The summed E-state index contributed by atoms with van der Waals surface area (Å²) in [6, 6.07) is 10.3. The van der Waals surface area contributed by atoms with Crippen LogP contribution in [0, 0.1) is 0 Å². The summed E-state index contributed by atoms with van der Waals surface area (Å²) in [5, 5.41) is 3.81. The first kappa shape index (κ1) is 13.4. The van der Waals surface area contributed by atoms with E-state index in [4.69, 9.17) is 0 Å². The Morgan fingerprint density at radius 2 is 1.94 bits per heavy atom. The van der Waals surface area contributed by atoms with Gasteiger partial charge in [-0.2, -0.15) is 0 Å². The molecule has 0 saturated carbocycles. The second-order valence-corrected chi connectivity index (χ2v) is 5.20. The smallest absolute Gasteiger partial charge is 0.0320 e. The van der Waals surface area contributed by atoms with Crippen molar-refractivity contribution in [3.63, 3.8) is 0 Å². The average Bonchev–Trinajstić information content (AvgIpc) is 2.46. The van der Waals surface area contributed by atoms with Gasteiger partial charge in [-0.25, -0.2) is 0 Å². The minimum atomic E-state index is 0.507. The van der Waals surface area contributed by atoms with E-state index in [9.17, 15) is 0 Å². The maximum Gasteiger partial charge on any atom is 0.0320 e. The van der Waals surface area contributed by atoms with Crippen molar-refractivity contribution >= 4 is 0 Å². The van der Waals surface area contributed by atoms with E-state index >= 15 is 0 Å². The average molecular weight is 243 g/mol. The van der Waals surface area contributed by atoms with E-state index in [0.717, 1.165) is 12.8 Å². The van der Waals surface area contributed by atoms with Crippen LogP contribution in [0.4, 0.5) is 0 Å².